The van der Waals surface area contributed by atoms with Crippen LogP contribution in [0.15, 0.2) is 23.9 Å². The summed E-state index contributed by atoms with van der Waals surface area (Å²) in [4.78, 5) is 15.0. The van der Waals surface area contributed by atoms with Crippen molar-refractivity contribution in [3.63, 3.8) is 0 Å². The Balaban J connectivity index is 1.69. The van der Waals surface area contributed by atoms with Crippen molar-refractivity contribution in [3.8, 4) is 0 Å². The number of amides is 1. The van der Waals surface area contributed by atoms with Crippen LogP contribution in [-0.2, 0) is 4.79 Å². The lowest BCUT2D eigenvalue weighted by atomic mass is 9.94. The average molecular weight is 301 g/mol. The summed E-state index contributed by atoms with van der Waals surface area (Å²) in [6.45, 7) is 10.4. The van der Waals surface area contributed by atoms with Crippen LogP contribution >= 0.6 is 0 Å². The van der Waals surface area contributed by atoms with Gasteiger partial charge in [0, 0.05) is 30.9 Å². The molecular weight excluding hydrogens is 274 g/mol. The van der Waals surface area contributed by atoms with Crippen LogP contribution in [0.5, 0.6) is 0 Å². The molecule has 4 heteroatoms. The van der Waals surface area contributed by atoms with Crippen LogP contribution in [0.25, 0.3) is 0 Å². The molecule has 2 heterocycles. The molecular formula is C18H27N3O. The molecule has 22 heavy (non-hydrogen) atoms. The summed E-state index contributed by atoms with van der Waals surface area (Å²) in [6.07, 6.45) is 6.29. The number of allylic oxidation sites excluding steroid dienone is 2. The van der Waals surface area contributed by atoms with E-state index in [1.807, 2.05) is 6.07 Å². The summed E-state index contributed by atoms with van der Waals surface area (Å²) in [6, 6.07) is 2.03. The number of piperidine rings is 1. The summed E-state index contributed by atoms with van der Waals surface area (Å²) in [5.74, 6) is 1.31. The second-order valence-electron chi connectivity index (χ2n) is 7.70. The number of H-pyrrole nitrogens is 1. The van der Waals surface area contributed by atoms with Crippen molar-refractivity contribution in [2.75, 3.05) is 13.1 Å². The van der Waals surface area contributed by atoms with Gasteiger partial charge in [-0.1, -0.05) is 25.5 Å². The van der Waals surface area contributed by atoms with Gasteiger partial charge >= 0.3 is 0 Å². The molecule has 0 radical (unpaired) electrons. The van der Waals surface area contributed by atoms with Crippen molar-refractivity contribution in [1.29, 1.82) is 0 Å². The molecule has 0 unspecified atom stereocenters. The molecule has 1 N–H and O–H groups in total. The maximum absolute atomic E-state index is 13.0. The molecule has 1 saturated heterocycles. The SMILES string of the molecule is CC(C)=C[C@@H]1[C@@H](C(=O)N2CCC[C@H](c3ccn[nH]3)C2)C1(C)C. The van der Waals surface area contributed by atoms with E-state index < -0.39 is 0 Å². The standard InChI is InChI=1S/C18H27N3O/c1-12(2)10-14-16(18(14,3)4)17(22)21-9-5-6-13(11-21)15-7-8-19-20-15/h7-8,10,13-14,16H,5-6,9,11H2,1-4H3,(H,19,20)/t13-,14+,16-/m0/s1. The number of hydrogen-bond donors (Lipinski definition) is 1. The monoisotopic (exact) mass is 301 g/mol. The smallest absolute Gasteiger partial charge is 0.226 e. The third-order valence-electron chi connectivity index (χ3n) is 5.38. The zero-order valence-electron chi connectivity index (χ0n) is 14.1. The van der Waals surface area contributed by atoms with Gasteiger partial charge in [0.05, 0.1) is 5.92 Å². The minimum atomic E-state index is 0.106. The molecule has 4 nitrogen and oxygen atoms in total. The highest BCUT2D eigenvalue weighted by atomic mass is 16.2. The number of carbonyl (C=O) groups is 1. The maximum atomic E-state index is 13.0. The predicted octanol–water partition coefficient (Wildman–Crippen LogP) is 3.35. The summed E-state index contributed by atoms with van der Waals surface area (Å²) in [5.41, 5.74) is 2.57. The fraction of sp³-hybridized carbons (Fsp3) is 0.667. The van der Waals surface area contributed by atoms with E-state index in [0.29, 0.717) is 17.7 Å². The van der Waals surface area contributed by atoms with Crippen LogP contribution in [0.3, 0.4) is 0 Å². The Morgan fingerprint density at radius 2 is 2.23 bits per heavy atom. The lowest BCUT2D eigenvalue weighted by Gasteiger charge is -2.32. The lowest BCUT2D eigenvalue weighted by molar-refractivity contribution is -0.134. The molecule has 0 bridgehead atoms. The second-order valence-corrected chi connectivity index (χ2v) is 7.70. The van der Waals surface area contributed by atoms with Gasteiger partial charge in [-0.05, 0) is 44.1 Å². The largest absolute Gasteiger partial charge is 0.342 e. The number of aromatic nitrogens is 2. The number of rotatable bonds is 3. The van der Waals surface area contributed by atoms with Crippen molar-refractivity contribution in [2.24, 2.45) is 17.3 Å². The van der Waals surface area contributed by atoms with E-state index in [2.05, 4.69) is 48.9 Å². The molecule has 1 aromatic heterocycles. The molecule has 2 fully saturated rings. The van der Waals surface area contributed by atoms with Gasteiger partial charge in [-0.3, -0.25) is 9.89 Å². The van der Waals surface area contributed by atoms with Gasteiger partial charge in [0.1, 0.15) is 0 Å². The Morgan fingerprint density at radius 1 is 1.45 bits per heavy atom. The highest BCUT2D eigenvalue weighted by molar-refractivity contribution is 5.84. The van der Waals surface area contributed by atoms with Gasteiger partial charge in [-0.15, -0.1) is 0 Å². The van der Waals surface area contributed by atoms with Crippen LogP contribution < -0.4 is 0 Å². The van der Waals surface area contributed by atoms with E-state index >= 15 is 0 Å². The lowest BCUT2D eigenvalue weighted by Crippen LogP contribution is -2.40. The predicted molar refractivity (Wildman–Crippen MR) is 87.3 cm³/mol. The topological polar surface area (TPSA) is 49.0 Å². The summed E-state index contributed by atoms with van der Waals surface area (Å²) >= 11 is 0. The van der Waals surface area contributed by atoms with Crippen molar-refractivity contribution >= 4 is 5.91 Å². The number of nitrogens with one attached hydrogen (secondary N) is 1. The summed E-state index contributed by atoms with van der Waals surface area (Å²) in [5, 5.41) is 7.11. The van der Waals surface area contributed by atoms with Crippen molar-refractivity contribution < 1.29 is 4.79 Å². The third kappa shape index (κ3) is 2.71. The molecule has 1 aliphatic carbocycles. The molecule has 3 rings (SSSR count). The molecule has 1 amide bonds. The number of nitrogens with zero attached hydrogens (tertiary/aromatic N) is 2. The van der Waals surface area contributed by atoms with Gasteiger partial charge in [-0.2, -0.15) is 5.10 Å². The van der Waals surface area contributed by atoms with Crippen LogP contribution in [0.1, 0.15) is 52.1 Å². The van der Waals surface area contributed by atoms with Crippen LogP contribution in [-0.4, -0.2) is 34.1 Å². The van der Waals surface area contributed by atoms with Crippen LogP contribution in [0.2, 0.25) is 0 Å². The maximum Gasteiger partial charge on any atom is 0.226 e. The quantitative estimate of drug-likeness (QED) is 0.870. The minimum absolute atomic E-state index is 0.106. The Kier molecular flexibility index (Phi) is 3.87. The van der Waals surface area contributed by atoms with E-state index in [0.717, 1.165) is 31.6 Å². The molecule has 1 saturated carbocycles. The molecule has 3 atom stereocenters. The Bertz CT molecular complexity index is 569. The van der Waals surface area contributed by atoms with E-state index in [1.54, 1.807) is 6.20 Å². The van der Waals surface area contributed by atoms with Crippen molar-refractivity contribution in [1.82, 2.24) is 15.1 Å². The zero-order valence-corrected chi connectivity index (χ0v) is 14.1. The van der Waals surface area contributed by atoms with Crippen molar-refractivity contribution in [3.05, 3.63) is 29.6 Å². The first-order chi connectivity index (χ1) is 10.4. The van der Waals surface area contributed by atoms with E-state index in [9.17, 15) is 4.79 Å². The fourth-order valence-electron chi connectivity index (χ4n) is 3.94. The van der Waals surface area contributed by atoms with Gasteiger partial charge in [0.15, 0.2) is 0 Å². The average Bonchev–Trinajstić information content (AvgIpc) is 2.87. The summed E-state index contributed by atoms with van der Waals surface area (Å²) < 4.78 is 0. The van der Waals surface area contributed by atoms with Crippen molar-refractivity contribution in [2.45, 2.75) is 46.5 Å². The highest BCUT2D eigenvalue weighted by Crippen LogP contribution is 2.60. The van der Waals surface area contributed by atoms with Gasteiger partial charge < -0.3 is 4.90 Å². The molecule has 2 aliphatic rings. The first-order valence-electron chi connectivity index (χ1n) is 8.34. The second kappa shape index (κ2) is 5.56. The fourth-order valence-corrected chi connectivity index (χ4v) is 3.94. The summed E-state index contributed by atoms with van der Waals surface area (Å²) in [7, 11) is 0. The highest BCUT2D eigenvalue weighted by Gasteiger charge is 2.61. The Labute approximate surface area is 133 Å². The first kappa shape index (κ1) is 15.3. The van der Waals surface area contributed by atoms with E-state index in [4.69, 9.17) is 0 Å². The normalized spacial score (nSPS) is 30.0. The number of likely N-dealkylation sites (tertiary alicyclic amines) is 1. The Hall–Kier alpha value is -1.58. The minimum Gasteiger partial charge on any atom is -0.342 e. The molecule has 120 valence electrons. The molecule has 0 spiro atoms. The molecule has 1 aliphatic heterocycles. The third-order valence-corrected chi connectivity index (χ3v) is 5.38. The van der Waals surface area contributed by atoms with Gasteiger partial charge in [-0.25, -0.2) is 0 Å². The van der Waals surface area contributed by atoms with Crippen LogP contribution in [0.4, 0.5) is 0 Å². The molecule has 1 aromatic rings. The molecule has 0 aromatic carbocycles. The first-order valence-corrected chi connectivity index (χ1v) is 8.34. The van der Waals surface area contributed by atoms with Crippen LogP contribution in [0, 0.1) is 17.3 Å². The Morgan fingerprint density at radius 3 is 2.86 bits per heavy atom. The van der Waals surface area contributed by atoms with E-state index in [1.165, 1.54) is 5.57 Å². The van der Waals surface area contributed by atoms with Gasteiger partial charge in [0.25, 0.3) is 0 Å². The zero-order chi connectivity index (χ0) is 15.9. The number of carbonyl (C=O) groups excluding carboxylic acids is 1. The number of hydrogen-bond acceptors (Lipinski definition) is 2. The number of aromatic amines is 1. The van der Waals surface area contributed by atoms with E-state index in [-0.39, 0.29) is 11.3 Å². The van der Waals surface area contributed by atoms with Gasteiger partial charge in [0.2, 0.25) is 5.91 Å².